The molecule has 2 unspecified atom stereocenters. The standard InChI is InChI=1S/C16H23N3O3/c1-10(9-20)11(2)17-15(21)5-3-4-12-6-7-13-14(8-12)19-16(22)18-13/h6-8,10-11,20H,3-5,9H2,1-2H3,(H,17,21)(H2,18,19,22). The van der Waals surface area contributed by atoms with Crippen LogP contribution in [0.25, 0.3) is 11.0 Å². The highest BCUT2D eigenvalue weighted by Crippen LogP contribution is 2.12. The van der Waals surface area contributed by atoms with E-state index in [2.05, 4.69) is 15.3 Å². The number of H-pyrrole nitrogens is 2. The number of carbonyl (C=O) groups excluding carboxylic acids is 1. The van der Waals surface area contributed by atoms with E-state index in [1.165, 1.54) is 0 Å². The lowest BCUT2D eigenvalue weighted by Gasteiger charge is -2.19. The van der Waals surface area contributed by atoms with Crippen molar-refractivity contribution in [2.24, 2.45) is 5.92 Å². The number of hydrogen-bond acceptors (Lipinski definition) is 3. The van der Waals surface area contributed by atoms with Gasteiger partial charge in [0.05, 0.1) is 11.0 Å². The van der Waals surface area contributed by atoms with Gasteiger partial charge in [-0.2, -0.15) is 0 Å². The number of carbonyl (C=O) groups is 1. The molecule has 6 heteroatoms. The Labute approximate surface area is 128 Å². The van der Waals surface area contributed by atoms with Crippen molar-refractivity contribution in [1.29, 1.82) is 0 Å². The van der Waals surface area contributed by atoms with Gasteiger partial charge >= 0.3 is 5.69 Å². The number of aryl methyl sites for hydroxylation is 1. The fourth-order valence-corrected chi connectivity index (χ4v) is 2.31. The third-order valence-corrected chi connectivity index (χ3v) is 3.98. The van der Waals surface area contributed by atoms with Crippen LogP contribution in [0.3, 0.4) is 0 Å². The quantitative estimate of drug-likeness (QED) is 0.621. The number of fused-ring (bicyclic) bond motifs is 1. The smallest absolute Gasteiger partial charge is 0.323 e. The van der Waals surface area contributed by atoms with Gasteiger partial charge in [-0.25, -0.2) is 4.79 Å². The molecule has 2 aromatic rings. The molecule has 120 valence electrons. The Morgan fingerprint density at radius 3 is 2.73 bits per heavy atom. The lowest BCUT2D eigenvalue weighted by atomic mass is 10.0. The van der Waals surface area contributed by atoms with Crippen molar-refractivity contribution in [2.75, 3.05) is 6.61 Å². The summed E-state index contributed by atoms with van der Waals surface area (Å²) in [6, 6.07) is 5.73. The van der Waals surface area contributed by atoms with Crippen molar-refractivity contribution in [3.05, 3.63) is 34.2 Å². The summed E-state index contributed by atoms with van der Waals surface area (Å²) in [7, 11) is 0. The van der Waals surface area contributed by atoms with E-state index < -0.39 is 0 Å². The molecular weight excluding hydrogens is 282 g/mol. The van der Waals surface area contributed by atoms with Gasteiger partial charge in [0.1, 0.15) is 0 Å². The molecule has 1 heterocycles. The second kappa shape index (κ2) is 7.26. The fourth-order valence-electron chi connectivity index (χ4n) is 2.31. The van der Waals surface area contributed by atoms with Crippen LogP contribution >= 0.6 is 0 Å². The molecule has 2 rings (SSSR count). The number of aromatic amines is 2. The van der Waals surface area contributed by atoms with E-state index >= 15 is 0 Å². The molecule has 0 saturated heterocycles. The zero-order valence-electron chi connectivity index (χ0n) is 13.0. The largest absolute Gasteiger partial charge is 0.396 e. The predicted octanol–water partition coefficient (Wildman–Crippen LogP) is 1.31. The van der Waals surface area contributed by atoms with Gasteiger partial charge in [0.25, 0.3) is 0 Å². The SMILES string of the molecule is CC(CO)C(C)NC(=O)CCCc1ccc2[nH]c(=O)[nH]c2c1. The van der Waals surface area contributed by atoms with Crippen molar-refractivity contribution < 1.29 is 9.90 Å². The van der Waals surface area contributed by atoms with Gasteiger partial charge in [-0.3, -0.25) is 4.79 Å². The minimum Gasteiger partial charge on any atom is -0.396 e. The van der Waals surface area contributed by atoms with Crippen LogP contribution in [-0.4, -0.2) is 33.6 Å². The van der Waals surface area contributed by atoms with Crippen LogP contribution in [0.1, 0.15) is 32.3 Å². The van der Waals surface area contributed by atoms with Crippen LogP contribution < -0.4 is 11.0 Å². The Morgan fingerprint density at radius 2 is 2.00 bits per heavy atom. The molecule has 2 atom stereocenters. The monoisotopic (exact) mass is 305 g/mol. The first-order chi connectivity index (χ1) is 10.5. The second-order valence-electron chi connectivity index (χ2n) is 5.83. The van der Waals surface area contributed by atoms with E-state index in [1.807, 2.05) is 32.0 Å². The number of amides is 1. The topological polar surface area (TPSA) is 98.0 Å². The minimum atomic E-state index is -0.210. The summed E-state index contributed by atoms with van der Waals surface area (Å²) in [6.45, 7) is 3.86. The molecule has 1 aromatic carbocycles. The van der Waals surface area contributed by atoms with E-state index in [4.69, 9.17) is 5.11 Å². The van der Waals surface area contributed by atoms with E-state index in [0.717, 1.165) is 29.4 Å². The summed E-state index contributed by atoms with van der Waals surface area (Å²) in [6.07, 6.45) is 1.97. The highest BCUT2D eigenvalue weighted by Gasteiger charge is 2.13. The number of aliphatic hydroxyl groups excluding tert-OH is 1. The minimum absolute atomic E-state index is 0.00364. The number of aliphatic hydroxyl groups is 1. The molecule has 4 N–H and O–H groups in total. The summed E-state index contributed by atoms with van der Waals surface area (Å²) in [5, 5.41) is 12.0. The van der Waals surface area contributed by atoms with Crippen LogP contribution in [0.15, 0.2) is 23.0 Å². The van der Waals surface area contributed by atoms with Crippen molar-refractivity contribution in [1.82, 2.24) is 15.3 Å². The van der Waals surface area contributed by atoms with Gasteiger partial charge < -0.3 is 20.4 Å². The molecule has 0 saturated carbocycles. The van der Waals surface area contributed by atoms with Crippen molar-refractivity contribution in [3.8, 4) is 0 Å². The molecule has 0 aliphatic heterocycles. The number of aromatic nitrogens is 2. The van der Waals surface area contributed by atoms with E-state index in [0.29, 0.717) is 6.42 Å². The molecule has 0 spiro atoms. The fraction of sp³-hybridized carbons (Fsp3) is 0.500. The second-order valence-corrected chi connectivity index (χ2v) is 5.83. The Kier molecular flexibility index (Phi) is 5.38. The van der Waals surface area contributed by atoms with E-state index in [9.17, 15) is 9.59 Å². The zero-order valence-corrected chi connectivity index (χ0v) is 13.0. The number of nitrogens with one attached hydrogen (secondary N) is 3. The van der Waals surface area contributed by atoms with Crippen molar-refractivity contribution in [2.45, 2.75) is 39.2 Å². The summed E-state index contributed by atoms with van der Waals surface area (Å²) in [5.74, 6) is 0.0562. The molecule has 1 aromatic heterocycles. The van der Waals surface area contributed by atoms with Gasteiger partial charge in [0, 0.05) is 19.1 Å². The number of imidazole rings is 1. The average Bonchev–Trinajstić information content (AvgIpc) is 2.85. The number of rotatable bonds is 7. The average molecular weight is 305 g/mol. The van der Waals surface area contributed by atoms with Crippen LogP contribution in [-0.2, 0) is 11.2 Å². The molecule has 0 radical (unpaired) electrons. The summed E-state index contributed by atoms with van der Waals surface area (Å²) in [4.78, 5) is 28.5. The Bertz CT molecular complexity index is 689. The molecule has 0 aliphatic carbocycles. The maximum atomic E-state index is 11.8. The van der Waals surface area contributed by atoms with Gasteiger partial charge in [-0.15, -0.1) is 0 Å². The third-order valence-electron chi connectivity index (χ3n) is 3.98. The lowest BCUT2D eigenvalue weighted by Crippen LogP contribution is -2.38. The molecule has 22 heavy (non-hydrogen) atoms. The summed E-state index contributed by atoms with van der Waals surface area (Å²) in [5.41, 5.74) is 2.46. The highest BCUT2D eigenvalue weighted by molar-refractivity contribution is 5.76. The van der Waals surface area contributed by atoms with E-state index in [1.54, 1.807) is 0 Å². The van der Waals surface area contributed by atoms with Crippen LogP contribution in [0.5, 0.6) is 0 Å². The van der Waals surface area contributed by atoms with Crippen molar-refractivity contribution >= 4 is 16.9 Å². The van der Waals surface area contributed by atoms with Crippen LogP contribution in [0.2, 0.25) is 0 Å². The Hall–Kier alpha value is -2.08. The molecule has 0 aliphatic rings. The van der Waals surface area contributed by atoms with Gasteiger partial charge in [-0.05, 0) is 43.4 Å². The zero-order chi connectivity index (χ0) is 16.1. The summed E-state index contributed by atoms with van der Waals surface area (Å²) < 4.78 is 0. The molecule has 0 fully saturated rings. The van der Waals surface area contributed by atoms with Gasteiger partial charge in [-0.1, -0.05) is 13.0 Å². The summed E-state index contributed by atoms with van der Waals surface area (Å²) >= 11 is 0. The highest BCUT2D eigenvalue weighted by atomic mass is 16.3. The maximum absolute atomic E-state index is 11.8. The van der Waals surface area contributed by atoms with Gasteiger partial charge in [0.2, 0.25) is 5.91 Å². The molecule has 0 bridgehead atoms. The normalized spacial score (nSPS) is 14.0. The van der Waals surface area contributed by atoms with Crippen LogP contribution in [0.4, 0.5) is 0 Å². The predicted molar refractivity (Wildman–Crippen MR) is 85.7 cm³/mol. The first kappa shape index (κ1) is 16.3. The van der Waals surface area contributed by atoms with Crippen LogP contribution in [0, 0.1) is 5.92 Å². The Morgan fingerprint density at radius 1 is 1.27 bits per heavy atom. The first-order valence-electron chi connectivity index (χ1n) is 7.60. The lowest BCUT2D eigenvalue weighted by molar-refractivity contribution is -0.122. The first-order valence-corrected chi connectivity index (χ1v) is 7.60. The number of benzene rings is 1. The van der Waals surface area contributed by atoms with Crippen molar-refractivity contribution in [3.63, 3.8) is 0 Å². The molecule has 1 amide bonds. The third kappa shape index (κ3) is 4.21. The van der Waals surface area contributed by atoms with E-state index in [-0.39, 0.29) is 30.2 Å². The molecule has 6 nitrogen and oxygen atoms in total. The van der Waals surface area contributed by atoms with Gasteiger partial charge in [0.15, 0.2) is 0 Å². The molecular formula is C16H23N3O3. The maximum Gasteiger partial charge on any atom is 0.323 e. The number of hydrogen-bond donors (Lipinski definition) is 4. The Balaban J connectivity index is 1.82.